The van der Waals surface area contributed by atoms with Gasteiger partial charge < -0.3 is 10.1 Å². The van der Waals surface area contributed by atoms with Gasteiger partial charge in [-0.2, -0.15) is 0 Å². The van der Waals surface area contributed by atoms with Gasteiger partial charge in [0.15, 0.2) is 6.61 Å². The quantitative estimate of drug-likeness (QED) is 0.903. The summed E-state index contributed by atoms with van der Waals surface area (Å²) < 4.78 is 5.28. The molecule has 1 N–H and O–H groups in total. The number of nitrogens with one attached hydrogen (secondary N) is 1. The molecule has 0 unspecified atom stereocenters. The van der Waals surface area contributed by atoms with Crippen LogP contribution in [0.2, 0.25) is 10.0 Å². The topological polar surface area (TPSA) is 38.3 Å². The molecule has 1 aromatic rings. The molecule has 16 heavy (non-hydrogen) atoms. The van der Waals surface area contributed by atoms with E-state index in [1.54, 1.807) is 18.2 Å². The highest BCUT2D eigenvalue weighted by Crippen LogP contribution is 2.24. The molecule has 0 atom stereocenters. The molecule has 3 nitrogen and oxygen atoms in total. The van der Waals surface area contributed by atoms with E-state index >= 15 is 0 Å². The molecule has 1 aliphatic carbocycles. The van der Waals surface area contributed by atoms with Crippen LogP contribution in [0.5, 0.6) is 5.75 Å². The zero-order valence-corrected chi connectivity index (χ0v) is 10.0. The number of carbonyl (C=O) groups excluding carboxylic acids is 1. The Morgan fingerprint density at radius 1 is 1.31 bits per heavy atom. The zero-order valence-electron chi connectivity index (χ0n) is 8.50. The van der Waals surface area contributed by atoms with E-state index < -0.39 is 0 Å². The third-order valence-corrected chi connectivity index (χ3v) is 2.58. The second-order valence-corrected chi connectivity index (χ2v) is 4.61. The fourth-order valence-corrected chi connectivity index (χ4v) is 1.76. The first kappa shape index (κ1) is 11.6. The maximum absolute atomic E-state index is 11.3. The molecule has 2 rings (SSSR count). The van der Waals surface area contributed by atoms with Crippen molar-refractivity contribution < 1.29 is 9.53 Å². The van der Waals surface area contributed by atoms with E-state index in [4.69, 9.17) is 27.9 Å². The Labute approximate surface area is 104 Å². The first-order valence-electron chi connectivity index (χ1n) is 5.02. The lowest BCUT2D eigenvalue weighted by molar-refractivity contribution is -0.123. The Bertz CT molecular complexity index is 385. The van der Waals surface area contributed by atoms with Crippen molar-refractivity contribution in [3.63, 3.8) is 0 Å². The van der Waals surface area contributed by atoms with Gasteiger partial charge >= 0.3 is 0 Å². The Kier molecular flexibility index (Phi) is 3.56. The standard InChI is InChI=1S/C11H11Cl2NO2/c12-7-3-8(13)5-10(4-7)16-6-11(15)14-9-1-2-9/h3-5,9H,1-2,6H2,(H,14,15). The van der Waals surface area contributed by atoms with Gasteiger partial charge in [0.2, 0.25) is 0 Å². The summed E-state index contributed by atoms with van der Waals surface area (Å²) >= 11 is 11.6. The van der Waals surface area contributed by atoms with E-state index in [0.717, 1.165) is 12.8 Å². The van der Waals surface area contributed by atoms with Crippen molar-refractivity contribution in [1.29, 1.82) is 0 Å². The molecule has 0 aliphatic heterocycles. The fraction of sp³-hybridized carbons (Fsp3) is 0.364. The molecule has 0 saturated heterocycles. The van der Waals surface area contributed by atoms with E-state index in [9.17, 15) is 4.79 Å². The van der Waals surface area contributed by atoms with E-state index in [0.29, 0.717) is 21.8 Å². The number of amides is 1. The summed E-state index contributed by atoms with van der Waals surface area (Å²) in [4.78, 5) is 11.3. The van der Waals surface area contributed by atoms with Crippen molar-refractivity contribution in [2.75, 3.05) is 6.61 Å². The van der Waals surface area contributed by atoms with Crippen LogP contribution in [-0.2, 0) is 4.79 Å². The minimum absolute atomic E-state index is 0.00677. The van der Waals surface area contributed by atoms with Crippen molar-refractivity contribution in [3.8, 4) is 5.75 Å². The molecule has 1 saturated carbocycles. The van der Waals surface area contributed by atoms with Crippen LogP contribution in [0.4, 0.5) is 0 Å². The Balaban J connectivity index is 1.85. The molecule has 0 aromatic heterocycles. The van der Waals surface area contributed by atoms with E-state index in [1.165, 1.54) is 0 Å². The number of halogens is 2. The number of rotatable bonds is 4. The highest BCUT2D eigenvalue weighted by atomic mass is 35.5. The molecule has 86 valence electrons. The third-order valence-electron chi connectivity index (χ3n) is 2.15. The lowest BCUT2D eigenvalue weighted by Crippen LogP contribution is -2.30. The molecule has 5 heteroatoms. The van der Waals surface area contributed by atoms with Gasteiger partial charge in [-0.1, -0.05) is 23.2 Å². The molecule has 1 aromatic carbocycles. The predicted octanol–water partition coefficient (Wildman–Crippen LogP) is 2.65. The number of carbonyl (C=O) groups is 1. The molecule has 0 heterocycles. The first-order valence-corrected chi connectivity index (χ1v) is 5.77. The van der Waals surface area contributed by atoms with Crippen LogP contribution in [0.25, 0.3) is 0 Å². The number of hydrogen-bond acceptors (Lipinski definition) is 2. The number of ether oxygens (including phenoxy) is 1. The molecule has 0 radical (unpaired) electrons. The van der Waals surface area contributed by atoms with Gasteiger partial charge in [0, 0.05) is 16.1 Å². The summed E-state index contributed by atoms with van der Waals surface area (Å²) in [6, 6.07) is 5.20. The number of hydrogen-bond donors (Lipinski definition) is 1. The summed E-state index contributed by atoms with van der Waals surface area (Å²) in [5.74, 6) is 0.391. The average Bonchev–Trinajstić information content (AvgIpc) is 2.97. The lowest BCUT2D eigenvalue weighted by atomic mass is 10.3. The van der Waals surface area contributed by atoms with Crippen molar-refractivity contribution >= 4 is 29.1 Å². The van der Waals surface area contributed by atoms with Gasteiger partial charge in [0.1, 0.15) is 5.75 Å². The molecular formula is C11H11Cl2NO2. The summed E-state index contributed by atoms with van der Waals surface area (Å²) in [6.45, 7) is -0.00677. The molecule has 0 bridgehead atoms. The molecule has 1 aliphatic rings. The SMILES string of the molecule is O=C(COc1cc(Cl)cc(Cl)c1)NC1CC1. The van der Waals surface area contributed by atoms with Crippen LogP contribution in [0.1, 0.15) is 12.8 Å². The van der Waals surface area contributed by atoms with Crippen LogP contribution in [-0.4, -0.2) is 18.6 Å². The second kappa shape index (κ2) is 4.93. The van der Waals surface area contributed by atoms with Crippen molar-refractivity contribution in [2.45, 2.75) is 18.9 Å². The Hall–Kier alpha value is -0.930. The van der Waals surface area contributed by atoms with Crippen molar-refractivity contribution in [1.82, 2.24) is 5.32 Å². The number of benzene rings is 1. The molecular weight excluding hydrogens is 249 g/mol. The third kappa shape index (κ3) is 3.58. The smallest absolute Gasteiger partial charge is 0.258 e. The second-order valence-electron chi connectivity index (χ2n) is 3.74. The summed E-state index contributed by atoms with van der Waals surface area (Å²) in [6.07, 6.45) is 2.13. The fourth-order valence-electron chi connectivity index (χ4n) is 1.26. The van der Waals surface area contributed by atoms with Crippen LogP contribution in [0, 0.1) is 0 Å². The van der Waals surface area contributed by atoms with Gasteiger partial charge in [-0.3, -0.25) is 4.79 Å². The van der Waals surface area contributed by atoms with E-state index in [1.807, 2.05) is 0 Å². The van der Waals surface area contributed by atoms with Crippen molar-refractivity contribution in [2.24, 2.45) is 0 Å². The normalized spacial score (nSPS) is 14.6. The average molecular weight is 260 g/mol. The van der Waals surface area contributed by atoms with Crippen LogP contribution >= 0.6 is 23.2 Å². The first-order chi connectivity index (χ1) is 7.63. The molecule has 1 fully saturated rings. The van der Waals surface area contributed by atoms with Gasteiger partial charge in [-0.05, 0) is 31.0 Å². The van der Waals surface area contributed by atoms with E-state index in [-0.39, 0.29) is 12.5 Å². The minimum atomic E-state index is -0.112. The predicted molar refractivity (Wildman–Crippen MR) is 63.1 cm³/mol. The Morgan fingerprint density at radius 2 is 1.94 bits per heavy atom. The van der Waals surface area contributed by atoms with Crippen LogP contribution in [0.15, 0.2) is 18.2 Å². The monoisotopic (exact) mass is 259 g/mol. The van der Waals surface area contributed by atoms with Crippen LogP contribution in [0.3, 0.4) is 0 Å². The van der Waals surface area contributed by atoms with Gasteiger partial charge in [-0.15, -0.1) is 0 Å². The minimum Gasteiger partial charge on any atom is -0.484 e. The Morgan fingerprint density at radius 3 is 2.50 bits per heavy atom. The van der Waals surface area contributed by atoms with E-state index in [2.05, 4.69) is 5.32 Å². The van der Waals surface area contributed by atoms with Gasteiger partial charge in [-0.25, -0.2) is 0 Å². The van der Waals surface area contributed by atoms with Crippen LogP contribution < -0.4 is 10.1 Å². The highest BCUT2D eigenvalue weighted by molar-refractivity contribution is 6.34. The highest BCUT2D eigenvalue weighted by Gasteiger charge is 2.23. The van der Waals surface area contributed by atoms with Gasteiger partial charge in [0.25, 0.3) is 5.91 Å². The summed E-state index contributed by atoms with van der Waals surface area (Å²) in [5.41, 5.74) is 0. The maximum Gasteiger partial charge on any atom is 0.258 e. The largest absolute Gasteiger partial charge is 0.484 e. The van der Waals surface area contributed by atoms with Crippen molar-refractivity contribution in [3.05, 3.63) is 28.2 Å². The summed E-state index contributed by atoms with van der Waals surface area (Å²) in [5, 5.41) is 3.81. The lowest BCUT2D eigenvalue weighted by Gasteiger charge is -2.07. The zero-order chi connectivity index (χ0) is 11.5. The maximum atomic E-state index is 11.3. The van der Waals surface area contributed by atoms with Gasteiger partial charge in [0.05, 0.1) is 0 Å². The molecule has 0 spiro atoms. The molecule has 1 amide bonds. The summed E-state index contributed by atoms with van der Waals surface area (Å²) in [7, 11) is 0.